The van der Waals surface area contributed by atoms with E-state index < -0.39 is 0 Å². The van der Waals surface area contributed by atoms with Crippen LogP contribution in [0.25, 0.3) is 11.4 Å². The standard InChI is InChI=1S/C18H24N4O2/c1-13-5-4-9-22(16(13)12-23)18(24)20-15-7-3-6-14(11-15)17-19-8-10-21(17)2/h3,6-8,10-11,13,16,23H,4-5,9,12H2,1-2H3,(H,20,24). The first-order valence-corrected chi connectivity index (χ1v) is 8.36. The smallest absolute Gasteiger partial charge is 0.322 e. The summed E-state index contributed by atoms with van der Waals surface area (Å²) in [6.07, 6.45) is 5.66. The van der Waals surface area contributed by atoms with Crippen molar-refractivity contribution in [3.8, 4) is 11.4 Å². The first-order valence-electron chi connectivity index (χ1n) is 8.36. The van der Waals surface area contributed by atoms with Crippen LogP contribution in [0.1, 0.15) is 19.8 Å². The van der Waals surface area contributed by atoms with E-state index in [-0.39, 0.29) is 18.7 Å². The highest BCUT2D eigenvalue weighted by Crippen LogP contribution is 2.25. The normalized spacial score (nSPS) is 20.9. The van der Waals surface area contributed by atoms with Crippen molar-refractivity contribution in [2.45, 2.75) is 25.8 Å². The Hall–Kier alpha value is -2.34. The fraction of sp³-hybridized carbons (Fsp3) is 0.444. The number of likely N-dealkylation sites (tertiary alicyclic amines) is 1. The first-order chi connectivity index (χ1) is 11.6. The Morgan fingerprint density at radius 3 is 3.00 bits per heavy atom. The van der Waals surface area contributed by atoms with E-state index in [4.69, 9.17) is 0 Å². The maximum atomic E-state index is 12.6. The molecule has 0 aliphatic carbocycles. The maximum absolute atomic E-state index is 12.6. The molecule has 6 heteroatoms. The average molecular weight is 328 g/mol. The third-order valence-electron chi connectivity index (χ3n) is 4.76. The van der Waals surface area contributed by atoms with Crippen LogP contribution in [-0.2, 0) is 7.05 Å². The van der Waals surface area contributed by atoms with Gasteiger partial charge in [0.05, 0.1) is 12.6 Å². The van der Waals surface area contributed by atoms with E-state index in [1.807, 2.05) is 42.1 Å². The number of anilines is 1. The van der Waals surface area contributed by atoms with Gasteiger partial charge in [0.25, 0.3) is 0 Å². The molecule has 2 aromatic rings. The molecule has 24 heavy (non-hydrogen) atoms. The second-order valence-electron chi connectivity index (χ2n) is 6.44. The van der Waals surface area contributed by atoms with Gasteiger partial charge >= 0.3 is 6.03 Å². The lowest BCUT2D eigenvalue weighted by molar-refractivity contribution is 0.0811. The van der Waals surface area contributed by atoms with E-state index in [9.17, 15) is 9.90 Å². The van der Waals surface area contributed by atoms with Gasteiger partial charge in [0.1, 0.15) is 5.82 Å². The predicted octanol–water partition coefficient (Wildman–Crippen LogP) is 2.71. The minimum absolute atomic E-state index is 0.00188. The predicted molar refractivity (Wildman–Crippen MR) is 93.6 cm³/mol. The molecule has 128 valence electrons. The number of piperidine rings is 1. The molecule has 0 saturated carbocycles. The minimum Gasteiger partial charge on any atom is -0.394 e. The fourth-order valence-corrected chi connectivity index (χ4v) is 3.35. The van der Waals surface area contributed by atoms with Crippen molar-refractivity contribution >= 4 is 11.7 Å². The minimum atomic E-state index is -0.155. The zero-order valence-corrected chi connectivity index (χ0v) is 14.1. The lowest BCUT2D eigenvalue weighted by Crippen LogP contribution is -2.51. The molecule has 2 heterocycles. The van der Waals surface area contributed by atoms with Crippen LogP contribution >= 0.6 is 0 Å². The number of nitrogens with zero attached hydrogens (tertiary/aromatic N) is 3. The third kappa shape index (κ3) is 3.28. The molecule has 1 aliphatic rings. The number of amides is 2. The molecule has 1 aromatic carbocycles. The number of hydrogen-bond donors (Lipinski definition) is 2. The van der Waals surface area contributed by atoms with Gasteiger partial charge in [-0.1, -0.05) is 19.1 Å². The van der Waals surface area contributed by atoms with Gasteiger partial charge in [-0.15, -0.1) is 0 Å². The van der Waals surface area contributed by atoms with Gasteiger partial charge in [0.2, 0.25) is 0 Å². The topological polar surface area (TPSA) is 70.4 Å². The van der Waals surface area contributed by atoms with Crippen molar-refractivity contribution in [2.24, 2.45) is 13.0 Å². The van der Waals surface area contributed by atoms with Crippen molar-refractivity contribution in [3.63, 3.8) is 0 Å². The number of aromatic nitrogens is 2. The Bertz CT molecular complexity index is 713. The van der Waals surface area contributed by atoms with Gasteiger partial charge in [-0.3, -0.25) is 0 Å². The fourth-order valence-electron chi connectivity index (χ4n) is 3.35. The van der Waals surface area contributed by atoms with Crippen LogP contribution in [0.15, 0.2) is 36.7 Å². The van der Waals surface area contributed by atoms with Gasteiger partial charge in [0, 0.05) is 37.2 Å². The first kappa shape index (κ1) is 16.5. The number of hydrogen-bond acceptors (Lipinski definition) is 3. The summed E-state index contributed by atoms with van der Waals surface area (Å²) >= 11 is 0. The molecule has 2 unspecified atom stereocenters. The lowest BCUT2D eigenvalue weighted by atomic mass is 9.91. The number of carbonyl (C=O) groups excluding carboxylic acids is 1. The van der Waals surface area contributed by atoms with E-state index >= 15 is 0 Å². The summed E-state index contributed by atoms with van der Waals surface area (Å²) in [7, 11) is 1.94. The molecule has 3 rings (SSSR count). The summed E-state index contributed by atoms with van der Waals surface area (Å²) in [5.74, 6) is 1.17. The van der Waals surface area contributed by atoms with Gasteiger partial charge in [-0.25, -0.2) is 9.78 Å². The number of aliphatic hydroxyl groups excluding tert-OH is 1. The van der Waals surface area contributed by atoms with Crippen LogP contribution in [0.3, 0.4) is 0 Å². The van der Waals surface area contributed by atoms with E-state index in [0.29, 0.717) is 12.5 Å². The van der Waals surface area contributed by atoms with Crippen molar-refractivity contribution < 1.29 is 9.90 Å². The molecule has 0 spiro atoms. The van der Waals surface area contributed by atoms with E-state index in [1.165, 1.54) is 0 Å². The number of aryl methyl sites for hydroxylation is 1. The average Bonchev–Trinajstić information content (AvgIpc) is 3.01. The van der Waals surface area contributed by atoms with Gasteiger partial charge in [-0.05, 0) is 30.9 Å². The molecule has 1 fully saturated rings. The number of nitrogens with one attached hydrogen (secondary N) is 1. The van der Waals surface area contributed by atoms with Crippen molar-refractivity contribution in [1.82, 2.24) is 14.5 Å². The molecule has 2 N–H and O–H groups in total. The van der Waals surface area contributed by atoms with Crippen LogP contribution in [0.5, 0.6) is 0 Å². The second kappa shape index (κ2) is 7.05. The van der Waals surface area contributed by atoms with Crippen molar-refractivity contribution in [2.75, 3.05) is 18.5 Å². The number of urea groups is 1. The molecule has 2 atom stereocenters. The SMILES string of the molecule is CC1CCCN(C(=O)Nc2cccc(-c3nccn3C)c2)C1CO. The number of carbonyl (C=O) groups is 1. The second-order valence-corrected chi connectivity index (χ2v) is 6.44. The summed E-state index contributed by atoms with van der Waals surface area (Å²) in [4.78, 5) is 18.7. The number of aliphatic hydroxyl groups is 1. The van der Waals surface area contributed by atoms with Crippen LogP contribution in [0.2, 0.25) is 0 Å². The molecule has 1 saturated heterocycles. The van der Waals surface area contributed by atoms with E-state index in [0.717, 1.165) is 29.9 Å². The largest absolute Gasteiger partial charge is 0.394 e. The molecule has 0 bridgehead atoms. The molecular formula is C18H24N4O2. The Balaban J connectivity index is 1.76. The highest BCUT2D eigenvalue weighted by Gasteiger charge is 2.31. The third-order valence-corrected chi connectivity index (χ3v) is 4.76. The summed E-state index contributed by atoms with van der Waals surface area (Å²) in [6, 6.07) is 7.39. The summed E-state index contributed by atoms with van der Waals surface area (Å²) in [6.45, 7) is 2.77. The van der Waals surface area contributed by atoms with Crippen molar-refractivity contribution in [3.05, 3.63) is 36.7 Å². The van der Waals surface area contributed by atoms with E-state index in [1.54, 1.807) is 11.1 Å². The summed E-state index contributed by atoms with van der Waals surface area (Å²) < 4.78 is 1.94. The highest BCUT2D eigenvalue weighted by molar-refractivity contribution is 5.90. The molecule has 1 aromatic heterocycles. The molecule has 2 amide bonds. The van der Waals surface area contributed by atoms with Crippen LogP contribution in [-0.4, -0.2) is 44.8 Å². The Morgan fingerprint density at radius 2 is 2.29 bits per heavy atom. The molecule has 1 aliphatic heterocycles. The summed E-state index contributed by atoms with van der Waals surface area (Å²) in [5.41, 5.74) is 1.68. The van der Waals surface area contributed by atoms with Gasteiger partial charge < -0.3 is 19.9 Å². The van der Waals surface area contributed by atoms with Crippen LogP contribution in [0.4, 0.5) is 10.5 Å². The molecular weight excluding hydrogens is 304 g/mol. The lowest BCUT2D eigenvalue weighted by Gasteiger charge is -2.38. The number of imidazole rings is 1. The number of rotatable bonds is 3. The van der Waals surface area contributed by atoms with Crippen LogP contribution in [0, 0.1) is 5.92 Å². The Kier molecular flexibility index (Phi) is 4.85. The Morgan fingerprint density at radius 1 is 1.46 bits per heavy atom. The zero-order valence-electron chi connectivity index (χ0n) is 14.1. The zero-order chi connectivity index (χ0) is 17.1. The van der Waals surface area contributed by atoms with E-state index in [2.05, 4.69) is 17.2 Å². The quantitative estimate of drug-likeness (QED) is 0.910. The Labute approximate surface area is 142 Å². The monoisotopic (exact) mass is 328 g/mol. The molecule has 0 radical (unpaired) electrons. The summed E-state index contributed by atoms with van der Waals surface area (Å²) in [5, 5.41) is 12.6. The van der Waals surface area contributed by atoms with Gasteiger partial charge in [-0.2, -0.15) is 0 Å². The van der Waals surface area contributed by atoms with Crippen LogP contribution < -0.4 is 5.32 Å². The number of benzene rings is 1. The molecule has 6 nitrogen and oxygen atoms in total. The highest BCUT2D eigenvalue weighted by atomic mass is 16.3. The maximum Gasteiger partial charge on any atom is 0.322 e. The van der Waals surface area contributed by atoms with Gasteiger partial charge in [0.15, 0.2) is 0 Å². The van der Waals surface area contributed by atoms with Crippen molar-refractivity contribution in [1.29, 1.82) is 0 Å².